The highest BCUT2D eigenvalue weighted by Gasteiger charge is 2.08. The highest BCUT2D eigenvalue weighted by molar-refractivity contribution is 5.86. The summed E-state index contributed by atoms with van der Waals surface area (Å²) in [4.78, 5) is 13.4. The smallest absolute Gasteiger partial charge is 0.245 e. The number of amides is 1. The van der Waals surface area contributed by atoms with Crippen LogP contribution in [0.2, 0.25) is 0 Å². The molecule has 1 amide bonds. The van der Waals surface area contributed by atoms with Crippen molar-refractivity contribution in [1.29, 1.82) is 0 Å². The maximum Gasteiger partial charge on any atom is 0.245 e. The van der Waals surface area contributed by atoms with Gasteiger partial charge in [-0.25, -0.2) is 0 Å². The lowest BCUT2D eigenvalue weighted by molar-refractivity contribution is -0.126. The Labute approximate surface area is 118 Å². The normalized spacial score (nSPS) is 10.4. The van der Waals surface area contributed by atoms with Crippen LogP contribution in [0.15, 0.2) is 12.7 Å². The second kappa shape index (κ2) is 13.6. The molecule has 0 aromatic rings. The van der Waals surface area contributed by atoms with Gasteiger partial charge < -0.3 is 10.0 Å². The Hall–Kier alpha value is -0.830. The van der Waals surface area contributed by atoms with Gasteiger partial charge in [0.1, 0.15) is 0 Å². The van der Waals surface area contributed by atoms with E-state index in [1.807, 2.05) is 0 Å². The van der Waals surface area contributed by atoms with Crippen molar-refractivity contribution >= 4 is 5.91 Å². The number of rotatable bonds is 13. The first-order valence-electron chi connectivity index (χ1n) is 7.78. The molecule has 0 aliphatic rings. The Morgan fingerprint density at radius 2 is 1.53 bits per heavy atom. The van der Waals surface area contributed by atoms with E-state index in [1.54, 1.807) is 4.90 Å². The van der Waals surface area contributed by atoms with Gasteiger partial charge in [-0.3, -0.25) is 4.79 Å². The van der Waals surface area contributed by atoms with Gasteiger partial charge in [0, 0.05) is 19.7 Å². The number of aliphatic hydroxyl groups excluding tert-OH is 1. The molecule has 0 radical (unpaired) electrons. The number of nitrogens with zero attached hydrogens (tertiary/aromatic N) is 1. The van der Waals surface area contributed by atoms with Gasteiger partial charge >= 0.3 is 0 Å². The van der Waals surface area contributed by atoms with E-state index in [0.717, 1.165) is 13.0 Å². The number of hydrogen-bond donors (Lipinski definition) is 1. The number of carbonyl (C=O) groups is 1. The van der Waals surface area contributed by atoms with Gasteiger partial charge in [0.15, 0.2) is 0 Å². The van der Waals surface area contributed by atoms with E-state index in [-0.39, 0.29) is 12.5 Å². The molecule has 1 N–H and O–H groups in total. The molecule has 19 heavy (non-hydrogen) atoms. The van der Waals surface area contributed by atoms with E-state index in [9.17, 15) is 4.79 Å². The minimum absolute atomic E-state index is 0.0172. The maximum absolute atomic E-state index is 11.6. The molecule has 0 aromatic carbocycles. The number of hydrogen-bond acceptors (Lipinski definition) is 2. The van der Waals surface area contributed by atoms with E-state index in [2.05, 4.69) is 13.5 Å². The van der Waals surface area contributed by atoms with Crippen LogP contribution in [0.5, 0.6) is 0 Å². The van der Waals surface area contributed by atoms with Gasteiger partial charge in [-0.15, -0.1) is 0 Å². The topological polar surface area (TPSA) is 40.5 Å². The molecule has 0 saturated carbocycles. The maximum atomic E-state index is 11.6. The minimum atomic E-state index is -0.0172. The fourth-order valence-corrected chi connectivity index (χ4v) is 2.16. The Balaban J connectivity index is 3.57. The Kier molecular flexibility index (Phi) is 13.0. The monoisotopic (exact) mass is 269 g/mol. The van der Waals surface area contributed by atoms with Crippen molar-refractivity contribution in [1.82, 2.24) is 4.90 Å². The van der Waals surface area contributed by atoms with Crippen molar-refractivity contribution in [3.63, 3.8) is 0 Å². The predicted molar refractivity (Wildman–Crippen MR) is 81.1 cm³/mol. The van der Waals surface area contributed by atoms with Crippen molar-refractivity contribution in [2.45, 2.75) is 64.7 Å². The molecule has 0 unspecified atom stereocenters. The van der Waals surface area contributed by atoms with E-state index in [1.165, 1.54) is 51.0 Å². The van der Waals surface area contributed by atoms with Crippen molar-refractivity contribution in [2.75, 3.05) is 19.7 Å². The van der Waals surface area contributed by atoms with Crippen molar-refractivity contribution < 1.29 is 9.90 Å². The third kappa shape index (κ3) is 10.8. The Morgan fingerprint density at radius 1 is 1.00 bits per heavy atom. The summed E-state index contributed by atoms with van der Waals surface area (Å²) in [6.07, 6.45) is 12.2. The summed E-state index contributed by atoms with van der Waals surface area (Å²) < 4.78 is 0. The molecule has 112 valence electrons. The molecular weight excluding hydrogens is 238 g/mol. The zero-order valence-electron chi connectivity index (χ0n) is 12.6. The third-order valence-corrected chi connectivity index (χ3v) is 3.35. The van der Waals surface area contributed by atoms with Gasteiger partial charge in [0.05, 0.1) is 0 Å². The van der Waals surface area contributed by atoms with E-state index >= 15 is 0 Å². The molecule has 0 spiro atoms. The van der Waals surface area contributed by atoms with Crippen LogP contribution in [0, 0.1) is 0 Å². The second-order valence-electron chi connectivity index (χ2n) is 5.08. The van der Waals surface area contributed by atoms with Crippen LogP contribution in [0.3, 0.4) is 0 Å². The largest absolute Gasteiger partial charge is 0.396 e. The van der Waals surface area contributed by atoms with Gasteiger partial charge in [0.2, 0.25) is 5.91 Å². The molecule has 3 heteroatoms. The lowest BCUT2D eigenvalue weighted by atomic mass is 10.1. The zero-order valence-corrected chi connectivity index (χ0v) is 12.6. The lowest BCUT2D eigenvalue weighted by Gasteiger charge is -2.20. The summed E-state index contributed by atoms with van der Waals surface area (Å²) in [6.45, 7) is 7.32. The highest BCUT2D eigenvalue weighted by atomic mass is 16.3. The van der Waals surface area contributed by atoms with Crippen LogP contribution >= 0.6 is 0 Å². The molecule has 0 aromatic heterocycles. The van der Waals surface area contributed by atoms with Crippen molar-refractivity contribution in [3.05, 3.63) is 12.7 Å². The Bertz CT molecular complexity index is 229. The van der Waals surface area contributed by atoms with E-state index in [0.29, 0.717) is 13.0 Å². The summed E-state index contributed by atoms with van der Waals surface area (Å²) in [5.74, 6) is -0.0172. The summed E-state index contributed by atoms with van der Waals surface area (Å²) >= 11 is 0. The number of unbranched alkanes of at least 4 members (excludes halogenated alkanes) is 7. The van der Waals surface area contributed by atoms with Gasteiger partial charge in [-0.1, -0.05) is 58.4 Å². The van der Waals surface area contributed by atoms with E-state index < -0.39 is 0 Å². The minimum Gasteiger partial charge on any atom is -0.396 e. The Morgan fingerprint density at radius 3 is 2.05 bits per heavy atom. The molecular formula is C16H31NO2. The fourth-order valence-electron chi connectivity index (χ4n) is 2.16. The molecule has 3 nitrogen and oxygen atoms in total. The van der Waals surface area contributed by atoms with Gasteiger partial charge in [-0.2, -0.15) is 0 Å². The summed E-state index contributed by atoms with van der Waals surface area (Å²) in [6, 6.07) is 0. The standard InChI is InChI=1S/C16H31NO2/c1-3-5-6-7-8-9-10-11-13-17(14-12-15-18)16(19)4-2/h4,18H,2-3,5-15H2,1H3. The molecule has 0 saturated heterocycles. The van der Waals surface area contributed by atoms with Gasteiger partial charge in [0.25, 0.3) is 0 Å². The third-order valence-electron chi connectivity index (χ3n) is 3.35. The first kappa shape index (κ1) is 18.2. The number of aliphatic hydroxyl groups is 1. The summed E-state index contributed by atoms with van der Waals surface area (Å²) in [5, 5.41) is 8.82. The van der Waals surface area contributed by atoms with Crippen LogP contribution in [0.1, 0.15) is 64.7 Å². The van der Waals surface area contributed by atoms with Crippen LogP contribution in [-0.2, 0) is 4.79 Å². The zero-order chi connectivity index (χ0) is 14.3. The van der Waals surface area contributed by atoms with Crippen molar-refractivity contribution in [2.24, 2.45) is 0 Å². The molecule has 0 bridgehead atoms. The number of carbonyl (C=O) groups excluding carboxylic acids is 1. The SMILES string of the molecule is C=CC(=O)N(CCCO)CCCCCCCCCC. The average Bonchev–Trinajstić information content (AvgIpc) is 2.44. The first-order chi connectivity index (χ1) is 9.26. The first-order valence-corrected chi connectivity index (χ1v) is 7.78. The fraction of sp³-hybridized carbons (Fsp3) is 0.812. The molecule has 0 aliphatic heterocycles. The summed E-state index contributed by atoms with van der Waals surface area (Å²) in [5.41, 5.74) is 0. The second-order valence-corrected chi connectivity index (χ2v) is 5.08. The highest BCUT2D eigenvalue weighted by Crippen LogP contribution is 2.09. The molecule has 0 rings (SSSR count). The predicted octanol–water partition coefficient (Wildman–Crippen LogP) is 3.52. The van der Waals surface area contributed by atoms with E-state index in [4.69, 9.17) is 5.11 Å². The van der Waals surface area contributed by atoms with Crippen molar-refractivity contribution in [3.8, 4) is 0 Å². The summed E-state index contributed by atoms with van der Waals surface area (Å²) in [7, 11) is 0. The molecule has 0 heterocycles. The van der Waals surface area contributed by atoms with Crippen LogP contribution in [-0.4, -0.2) is 35.6 Å². The van der Waals surface area contributed by atoms with Crippen LogP contribution in [0.25, 0.3) is 0 Å². The molecule has 0 aliphatic carbocycles. The average molecular weight is 269 g/mol. The molecule has 0 atom stereocenters. The quantitative estimate of drug-likeness (QED) is 0.410. The van der Waals surface area contributed by atoms with Gasteiger partial charge in [-0.05, 0) is 18.9 Å². The van der Waals surface area contributed by atoms with Crippen LogP contribution < -0.4 is 0 Å². The molecule has 0 fully saturated rings. The lowest BCUT2D eigenvalue weighted by Crippen LogP contribution is -2.31. The van der Waals surface area contributed by atoms with Crippen LogP contribution in [0.4, 0.5) is 0 Å².